The number of nitrogens with two attached hydrogens (primary N) is 1. The lowest BCUT2D eigenvalue weighted by molar-refractivity contribution is -0.348. The fourth-order valence-electron chi connectivity index (χ4n) is 2.68. The molecule has 5 nitrogen and oxygen atoms in total. The first-order chi connectivity index (χ1) is 16.1. The molecule has 0 aliphatic rings. The van der Waals surface area contributed by atoms with Crippen LogP contribution in [0.25, 0.3) is 5.57 Å². The number of alkyl halides is 7. The molecule has 0 saturated heterocycles. The monoisotopic (exact) mass is 561 g/mol. The predicted octanol–water partition coefficient (Wildman–Crippen LogP) is 7.09. The van der Waals surface area contributed by atoms with Crippen LogP contribution in [-0.2, 0) is 10.4 Å². The molecule has 0 aliphatic heterocycles. The van der Waals surface area contributed by atoms with Crippen LogP contribution in [-0.4, -0.2) is 31.1 Å². The Morgan fingerprint density at radius 3 is 2.11 bits per heavy atom. The first-order valence-electron chi connectivity index (χ1n) is 9.11. The van der Waals surface area contributed by atoms with E-state index >= 15 is 0 Å². The summed E-state index contributed by atoms with van der Waals surface area (Å²) >= 11 is 12.4. The number of allylic oxidation sites excluding steroid dienone is 1. The van der Waals surface area contributed by atoms with Crippen molar-refractivity contribution in [1.82, 2.24) is 0 Å². The lowest BCUT2D eigenvalue weighted by Crippen LogP contribution is -2.50. The zero-order valence-electron chi connectivity index (χ0n) is 17.2. The molecule has 0 spiro atoms. The van der Waals surface area contributed by atoms with E-state index in [1.165, 1.54) is 6.07 Å². The Labute approximate surface area is 207 Å². The number of nitrogens with zero attached hydrogens (tertiary/aromatic N) is 2. The van der Waals surface area contributed by atoms with Crippen LogP contribution in [0.2, 0.25) is 10.0 Å². The van der Waals surface area contributed by atoms with Crippen molar-refractivity contribution in [3.05, 3.63) is 55.3 Å². The number of benzene rings is 1. The summed E-state index contributed by atoms with van der Waals surface area (Å²) in [6.07, 6.45) is -10.7. The number of thiophene rings is 1. The van der Waals surface area contributed by atoms with Crippen LogP contribution in [0, 0.1) is 11.3 Å². The van der Waals surface area contributed by atoms with Gasteiger partial charge in [0.2, 0.25) is 0 Å². The summed E-state index contributed by atoms with van der Waals surface area (Å²) in [6, 6.07) is 3.33. The first kappa shape index (κ1) is 28.4. The van der Waals surface area contributed by atoms with Crippen molar-refractivity contribution in [2.24, 2.45) is 10.7 Å². The highest BCUT2D eigenvalue weighted by molar-refractivity contribution is 7.14. The van der Waals surface area contributed by atoms with E-state index in [0.29, 0.717) is 0 Å². The molecule has 0 atom stereocenters. The van der Waals surface area contributed by atoms with E-state index < -0.39 is 45.3 Å². The second-order valence-corrected chi connectivity index (χ2v) is 8.38. The Hall–Kier alpha value is -2.82. The number of halogens is 9. The van der Waals surface area contributed by atoms with Crippen molar-refractivity contribution in [3.8, 4) is 6.07 Å². The standard InChI is InChI=1S/C20H12Cl2F7N3O2S/c1-2-34-17(33)11-5-14(35-15(11)7-31)9(6-30)8-32-16-12(21)3-10(4-13(16)22)18(23,19(24,25)26)20(27,28)29/h3-6,8H,2,30H2,1H3. The molecule has 2 N–H and O–H groups in total. The summed E-state index contributed by atoms with van der Waals surface area (Å²) < 4.78 is 97.3. The zero-order chi connectivity index (χ0) is 26.8. The molecule has 1 heterocycles. The molecule has 0 amide bonds. The number of aliphatic imine (C=N–C) groups is 1. The number of carbonyl (C=O) groups is 1. The van der Waals surface area contributed by atoms with Gasteiger partial charge in [-0.2, -0.15) is 31.6 Å². The molecule has 188 valence electrons. The van der Waals surface area contributed by atoms with Gasteiger partial charge in [-0.1, -0.05) is 23.2 Å². The number of hydrogen-bond acceptors (Lipinski definition) is 6. The highest BCUT2D eigenvalue weighted by Gasteiger charge is 2.73. The topological polar surface area (TPSA) is 88.5 Å². The van der Waals surface area contributed by atoms with E-state index in [9.17, 15) is 40.8 Å². The third-order valence-corrected chi connectivity index (χ3v) is 5.99. The number of nitriles is 1. The van der Waals surface area contributed by atoms with Crippen molar-refractivity contribution < 1.29 is 40.3 Å². The van der Waals surface area contributed by atoms with Gasteiger partial charge in [-0.25, -0.2) is 9.18 Å². The van der Waals surface area contributed by atoms with Crippen molar-refractivity contribution in [2.45, 2.75) is 24.9 Å². The fraction of sp³-hybridized carbons (Fsp3) is 0.250. The van der Waals surface area contributed by atoms with Crippen molar-refractivity contribution in [1.29, 1.82) is 5.26 Å². The van der Waals surface area contributed by atoms with E-state index in [4.69, 9.17) is 33.7 Å². The largest absolute Gasteiger partial charge is 0.462 e. The molecular formula is C20H12Cl2F7N3O2S. The van der Waals surface area contributed by atoms with Crippen LogP contribution >= 0.6 is 34.5 Å². The van der Waals surface area contributed by atoms with Crippen LogP contribution in [0.3, 0.4) is 0 Å². The van der Waals surface area contributed by atoms with E-state index in [-0.39, 0.29) is 39.6 Å². The summed E-state index contributed by atoms with van der Waals surface area (Å²) in [7, 11) is 0. The van der Waals surface area contributed by atoms with E-state index in [1.54, 1.807) is 6.92 Å². The Balaban J connectivity index is 2.51. The molecule has 2 aromatic rings. The van der Waals surface area contributed by atoms with Gasteiger partial charge in [0.15, 0.2) is 0 Å². The molecule has 0 aliphatic carbocycles. The Kier molecular flexibility index (Phi) is 8.47. The minimum Gasteiger partial charge on any atom is -0.462 e. The summed E-state index contributed by atoms with van der Waals surface area (Å²) in [5, 5.41) is 7.61. The molecule has 0 saturated carbocycles. The fourth-order valence-corrected chi connectivity index (χ4v) is 4.19. The van der Waals surface area contributed by atoms with Crippen LogP contribution < -0.4 is 5.73 Å². The lowest BCUT2D eigenvalue weighted by Gasteiger charge is -2.30. The van der Waals surface area contributed by atoms with Crippen LogP contribution in [0.4, 0.5) is 36.4 Å². The Bertz CT molecular complexity index is 1190. The van der Waals surface area contributed by atoms with Gasteiger partial charge >= 0.3 is 24.0 Å². The maximum absolute atomic E-state index is 14.3. The SMILES string of the molecule is CCOC(=O)c1cc(C(C=Nc2c(Cl)cc(C(F)(C(F)(F)F)C(F)(F)F)cc2Cl)=CN)sc1C#N. The van der Waals surface area contributed by atoms with Crippen LogP contribution in [0.15, 0.2) is 29.4 Å². The van der Waals surface area contributed by atoms with Gasteiger partial charge in [0, 0.05) is 28.4 Å². The third-order valence-electron chi connectivity index (χ3n) is 4.32. The van der Waals surface area contributed by atoms with Crippen molar-refractivity contribution >= 4 is 58.0 Å². The molecule has 0 radical (unpaired) electrons. The molecule has 15 heteroatoms. The molecule has 2 rings (SSSR count). The van der Waals surface area contributed by atoms with Gasteiger partial charge in [-0.15, -0.1) is 11.3 Å². The zero-order valence-corrected chi connectivity index (χ0v) is 19.5. The highest BCUT2D eigenvalue weighted by atomic mass is 35.5. The molecule has 1 aromatic carbocycles. The number of ether oxygens (including phenoxy) is 1. The minimum absolute atomic E-state index is 0.00907. The van der Waals surface area contributed by atoms with Gasteiger partial charge in [0.05, 0.1) is 22.2 Å². The Morgan fingerprint density at radius 2 is 1.69 bits per heavy atom. The molecule has 1 aromatic heterocycles. The third kappa shape index (κ3) is 5.55. The average molecular weight is 562 g/mol. The molecule has 0 bridgehead atoms. The van der Waals surface area contributed by atoms with Gasteiger partial charge in [0.25, 0.3) is 0 Å². The quantitative estimate of drug-likeness (QED) is 0.231. The highest BCUT2D eigenvalue weighted by Crippen LogP contribution is 2.54. The lowest BCUT2D eigenvalue weighted by atomic mass is 9.94. The maximum atomic E-state index is 14.3. The summed E-state index contributed by atoms with van der Waals surface area (Å²) in [5.41, 5.74) is -2.51. The summed E-state index contributed by atoms with van der Waals surface area (Å²) in [4.78, 5) is 16.1. The summed E-state index contributed by atoms with van der Waals surface area (Å²) in [5.74, 6) is -0.773. The smallest absolute Gasteiger partial charge is 0.435 e. The van der Waals surface area contributed by atoms with E-state index in [0.717, 1.165) is 23.8 Å². The number of esters is 1. The van der Waals surface area contributed by atoms with E-state index in [2.05, 4.69) is 4.99 Å². The van der Waals surface area contributed by atoms with Gasteiger partial charge in [-0.05, 0) is 25.1 Å². The van der Waals surface area contributed by atoms with E-state index in [1.807, 2.05) is 6.07 Å². The molecule has 0 fully saturated rings. The molecule has 0 unspecified atom stereocenters. The second-order valence-electron chi connectivity index (χ2n) is 6.51. The molecular weight excluding hydrogens is 550 g/mol. The number of carbonyl (C=O) groups excluding carboxylic acids is 1. The average Bonchev–Trinajstić information content (AvgIpc) is 3.18. The first-order valence-corrected chi connectivity index (χ1v) is 10.7. The second kappa shape index (κ2) is 10.4. The Morgan fingerprint density at radius 1 is 1.14 bits per heavy atom. The molecule has 35 heavy (non-hydrogen) atoms. The van der Waals surface area contributed by atoms with Crippen LogP contribution in [0.5, 0.6) is 0 Å². The maximum Gasteiger partial charge on any atom is 0.435 e. The minimum atomic E-state index is -6.35. The number of rotatable bonds is 6. The normalized spacial score (nSPS) is 13.2. The van der Waals surface area contributed by atoms with Crippen molar-refractivity contribution in [2.75, 3.05) is 6.61 Å². The summed E-state index contributed by atoms with van der Waals surface area (Å²) in [6.45, 7) is 1.61. The van der Waals surface area contributed by atoms with Gasteiger partial charge < -0.3 is 10.5 Å². The van der Waals surface area contributed by atoms with Gasteiger partial charge in [-0.3, -0.25) is 4.99 Å². The van der Waals surface area contributed by atoms with Crippen LogP contribution in [0.1, 0.15) is 32.6 Å². The van der Waals surface area contributed by atoms with Crippen molar-refractivity contribution in [3.63, 3.8) is 0 Å². The van der Waals surface area contributed by atoms with Gasteiger partial charge in [0.1, 0.15) is 16.6 Å². The number of hydrogen-bond donors (Lipinski definition) is 1. The predicted molar refractivity (Wildman–Crippen MR) is 117 cm³/mol.